The van der Waals surface area contributed by atoms with Crippen LogP contribution in [0.1, 0.15) is 64.6 Å². The van der Waals surface area contributed by atoms with Crippen LogP contribution in [-0.2, 0) is 13.3 Å². The second-order valence-electron chi connectivity index (χ2n) is 7.66. The number of aromatic nitrogens is 6. The number of hydrogen-bond acceptors (Lipinski definition) is 13. The number of nitrogens with two attached hydrogens (primary N) is 2. The first-order valence-corrected chi connectivity index (χ1v) is 16.4. The van der Waals surface area contributed by atoms with E-state index in [9.17, 15) is 9.59 Å². The Balaban J connectivity index is 1.88. The van der Waals surface area contributed by atoms with Crippen LogP contribution in [0.15, 0.2) is 10.3 Å². The minimum Gasteiger partial charge on any atom is -0.374 e. The minimum absolute atomic E-state index is 0.0204. The van der Waals surface area contributed by atoms with Gasteiger partial charge < -0.3 is 30.1 Å². The molecule has 2 aromatic heterocycles. The Morgan fingerprint density at radius 2 is 1.41 bits per heavy atom. The minimum atomic E-state index is -2.78. The van der Waals surface area contributed by atoms with E-state index >= 15 is 0 Å². The molecule has 0 spiro atoms. The molecule has 208 valence electrons. The number of hydrogen-bond donors (Lipinski definition) is 3. The fourth-order valence-electron chi connectivity index (χ4n) is 3.30. The van der Waals surface area contributed by atoms with Gasteiger partial charge >= 0.3 is 14.8 Å². The van der Waals surface area contributed by atoms with E-state index in [1.165, 1.54) is 0 Å². The molecule has 5 N–H and O–H groups in total. The van der Waals surface area contributed by atoms with Crippen LogP contribution < -0.4 is 16.8 Å². The molecule has 0 radical (unpaired) electrons. The van der Waals surface area contributed by atoms with Crippen LogP contribution in [0.2, 0.25) is 6.04 Å². The van der Waals surface area contributed by atoms with Gasteiger partial charge in [-0.05, 0) is 55.2 Å². The van der Waals surface area contributed by atoms with E-state index in [1.54, 1.807) is 0 Å². The average molecular weight is 576 g/mol. The van der Waals surface area contributed by atoms with Gasteiger partial charge in [0.2, 0.25) is 28.1 Å². The van der Waals surface area contributed by atoms with Crippen molar-refractivity contribution in [2.24, 2.45) is 0 Å². The molecule has 37 heavy (non-hydrogen) atoms. The predicted molar refractivity (Wildman–Crippen MR) is 144 cm³/mol. The lowest BCUT2D eigenvalue weighted by Crippen LogP contribution is -2.46. The Morgan fingerprint density at radius 3 is 1.95 bits per heavy atom. The van der Waals surface area contributed by atoms with Gasteiger partial charge in [0.05, 0.1) is 0 Å². The molecule has 0 aliphatic carbocycles. The van der Waals surface area contributed by atoms with Gasteiger partial charge in [0, 0.05) is 38.8 Å². The van der Waals surface area contributed by atoms with Crippen LogP contribution in [0.3, 0.4) is 0 Å². The fraction of sp³-hybridized carbons (Fsp3) is 0.700. The van der Waals surface area contributed by atoms with Crippen molar-refractivity contribution in [2.45, 2.75) is 76.2 Å². The van der Waals surface area contributed by atoms with E-state index < -0.39 is 14.8 Å². The van der Waals surface area contributed by atoms with Crippen molar-refractivity contribution < 1.29 is 22.9 Å². The summed E-state index contributed by atoms with van der Waals surface area (Å²) in [7, 11) is -0.577. The molecular weight excluding hydrogens is 538 g/mol. The summed E-state index contributed by atoms with van der Waals surface area (Å²) < 4.78 is 19.6. The molecule has 0 bridgehead atoms. The Kier molecular flexibility index (Phi) is 13.4. The number of nitrogens with one attached hydrogen (secondary N) is 1. The number of unbranched alkanes of at least 4 members (excludes halogenated alkanes) is 2. The molecular formula is C20H37N9O5S2Si. The summed E-state index contributed by atoms with van der Waals surface area (Å²) in [6, 6.07) is 0.0553. The number of nitrogen functional groups attached to an aromatic ring is 2. The Morgan fingerprint density at radius 1 is 0.865 bits per heavy atom. The summed E-state index contributed by atoms with van der Waals surface area (Å²) in [6.07, 6.45) is 3.68. The molecule has 0 saturated heterocycles. The van der Waals surface area contributed by atoms with Crippen molar-refractivity contribution in [1.29, 1.82) is 0 Å². The fourth-order valence-corrected chi connectivity index (χ4v) is 7.42. The van der Waals surface area contributed by atoms with Gasteiger partial charge in [-0.1, -0.05) is 19.8 Å². The van der Waals surface area contributed by atoms with Crippen LogP contribution in [0, 0.1) is 0 Å². The van der Waals surface area contributed by atoms with Crippen LogP contribution in [0.5, 0.6) is 0 Å². The van der Waals surface area contributed by atoms with E-state index in [4.69, 9.17) is 24.7 Å². The van der Waals surface area contributed by atoms with E-state index in [0.29, 0.717) is 45.3 Å². The zero-order chi connectivity index (χ0) is 27.3. The van der Waals surface area contributed by atoms with E-state index in [2.05, 4.69) is 32.4 Å². The molecule has 1 amide bonds. The molecule has 14 nitrogen and oxygen atoms in total. The van der Waals surface area contributed by atoms with Gasteiger partial charge in [0.1, 0.15) is 0 Å². The summed E-state index contributed by atoms with van der Waals surface area (Å²) in [5, 5.41) is 11.6. The Hall–Kier alpha value is -2.18. The lowest BCUT2D eigenvalue weighted by molar-refractivity contribution is 0.0708. The third-order valence-electron chi connectivity index (χ3n) is 4.87. The quantitative estimate of drug-likeness (QED) is 0.142. The molecule has 2 heterocycles. The highest BCUT2D eigenvalue weighted by Crippen LogP contribution is 2.34. The van der Waals surface area contributed by atoms with E-state index in [-0.39, 0.29) is 28.1 Å². The summed E-state index contributed by atoms with van der Waals surface area (Å²) in [5.41, 5.74) is 11.7. The molecule has 0 fully saturated rings. The molecule has 0 aliphatic rings. The number of rotatable bonds is 17. The topological polar surface area (TPSA) is 187 Å². The molecule has 0 unspecified atom stereocenters. The van der Waals surface area contributed by atoms with Crippen molar-refractivity contribution in [3.63, 3.8) is 0 Å². The van der Waals surface area contributed by atoms with Crippen molar-refractivity contribution in [2.75, 3.05) is 37.8 Å². The first kappa shape index (κ1) is 31.0. The normalized spacial score (nSPS) is 11.7. The molecule has 2 aromatic rings. The van der Waals surface area contributed by atoms with Crippen molar-refractivity contribution in [1.82, 2.24) is 34.8 Å². The summed E-state index contributed by atoms with van der Waals surface area (Å²) in [4.78, 5) is 33.0. The third-order valence-corrected chi connectivity index (χ3v) is 9.89. The molecule has 0 saturated carbocycles. The van der Waals surface area contributed by atoms with E-state index in [1.807, 2.05) is 20.8 Å². The van der Waals surface area contributed by atoms with Crippen LogP contribution >= 0.6 is 21.6 Å². The van der Waals surface area contributed by atoms with Gasteiger partial charge in [-0.15, -0.1) is 14.9 Å². The monoisotopic (exact) mass is 575 g/mol. The lowest BCUT2D eigenvalue weighted by atomic mass is 10.2. The second-order valence-corrected chi connectivity index (χ2v) is 12.5. The SMILES string of the molecule is CCCCCC(=O)n1nc(SSc2nc(N)n(C(=O)NCCC[Si](OCC)(OCC)OCC)n2)nc1N. The second kappa shape index (κ2) is 15.9. The molecule has 0 aliphatic heterocycles. The van der Waals surface area contributed by atoms with Crippen LogP contribution in [-0.4, -0.2) is 76.6 Å². The summed E-state index contributed by atoms with van der Waals surface area (Å²) >= 11 is 0. The molecule has 0 atom stereocenters. The Bertz CT molecular complexity index is 990. The molecule has 2 rings (SSSR count). The standard InChI is InChI=1S/C20H37N9O5S2Si/c1-5-9-10-12-15(30)28-16(21)24-18(26-28)35-36-19-25-17(22)29(27-19)20(31)23-13-11-14-37(32-6-2,33-7-3)34-8-4/h5-14H2,1-4H3,(H,23,31)(H2,21,24,26)(H2,22,25,27). The smallest absolute Gasteiger partial charge is 0.374 e. The largest absolute Gasteiger partial charge is 0.500 e. The first-order chi connectivity index (χ1) is 17.8. The maximum absolute atomic E-state index is 12.6. The summed E-state index contributed by atoms with van der Waals surface area (Å²) in [6.45, 7) is 9.57. The van der Waals surface area contributed by atoms with Crippen LogP contribution in [0.4, 0.5) is 16.7 Å². The number of nitrogens with zero attached hydrogens (tertiary/aromatic N) is 6. The highest BCUT2D eigenvalue weighted by Gasteiger charge is 2.39. The molecule has 0 aromatic carbocycles. The number of anilines is 2. The maximum Gasteiger partial charge on any atom is 0.500 e. The van der Waals surface area contributed by atoms with E-state index in [0.717, 1.165) is 50.2 Å². The maximum atomic E-state index is 12.6. The first-order valence-electron chi connectivity index (χ1n) is 12.3. The highest BCUT2D eigenvalue weighted by molar-refractivity contribution is 8.76. The zero-order valence-electron chi connectivity index (χ0n) is 21.8. The summed E-state index contributed by atoms with van der Waals surface area (Å²) in [5.74, 6) is -0.249. The van der Waals surface area contributed by atoms with Gasteiger partial charge in [-0.3, -0.25) is 4.79 Å². The number of carbonyl (C=O) groups is 2. The van der Waals surface area contributed by atoms with Gasteiger partial charge in [0.15, 0.2) is 0 Å². The Labute approximate surface area is 225 Å². The van der Waals surface area contributed by atoms with Gasteiger partial charge in [-0.2, -0.15) is 14.6 Å². The van der Waals surface area contributed by atoms with Gasteiger partial charge in [0.25, 0.3) is 0 Å². The van der Waals surface area contributed by atoms with Crippen molar-refractivity contribution >= 4 is 54.2 Å². The zero-order valence-corrected chi connectivity index (χ0v) is 24.4. The highest BCUT2D eigenvalue weighted by atomic mass is 33.1. The number of carbonyl (C=O) groups excluding carboxylic acids is 2. The van der Waals surface area contributed by atoms with Crippen LogP contribution in [0.25, 0.3) is 0 Å². The predicted octanol–water partition coefficient (Wildman–Crippen LogP) is 3.05. The van der Waals surface area contributed by atoms with Crippen molar-refractivity contribution in [3.8, 4) is 0 Å². The number of amides is 1. The molecule has 17 heteroatoms. The average Bonchev–Trinajstić information content (AvgIpc) is 3.43. The third kappa shape index (κ3) is 9.57. The lowest BCUT2D eigenvalue weighted by Gasteiger charge is -2.28. The van der Waals surface area contributed by atoms with Crippen molar-refractivity contribution in [3.05, 3.63) is 0 Å². The van der Waals surface area contributed by atoms with Gasteiger partial charge in [-0.25, -0.2) is 4.79 Å².